The van der Waals surface area contributed by atoms with Gasteiger partial charge >= 0.3 is 0 Å². The van der Waals surface area contributed by atoms with Crippen molar-refractivity contribution >= 4 is 33.3 Å². The molecule has 4 rings (SSSR count). The molecule has 3 aromatic rings. The van der Waals surface area contributed by atoms with Crippen molar-refractivity contribution in [2.75, 3.05) is 0 Å². The summed E-state index contributed by atoms with van der Waals surface area (Å²) in [7, 11) is 0. The van der Waals surface area contributed by atoms with E-state index in [4.69, 9.17) is 4.98 Å². The summed E-state index contributed by atoms with van der Waals surface area (Å²) in [5, 5.41) is 2.02. The van der Waals surface area contributed by atoms with Gasteiger partial charge in [0, 0.05) is 10.1 Å². The van der Waals surface area contributed by atoms with Crippen molar-refractivity contribution in [3.8, 4) is 5.69 Å². The van der Waals surface area contributed by atoms with Crippen molar-refractivity contribution in [3.63, 3.8) is 0 Å². The maximum atomic E-state index is 13.6. The highest BCUT2D eigenvalue weighted by atomic mass is 32.2. The van der Waals surface area contributed by atoms with E-state index in [1.165, 1.54) is 22.4 Å². The predicted molar refractivity (Wildman–Crippen MR) is 112 cm³/mol. The van der Waals surface area contributed by atoms with Crippen molar-refractivity contribution in [2.45, 2.75) is 63.3 Å². The Hall–Kier alpha value is -1.59. The van der Waals surface area contributed by atoms with Crippen LogP contribution in [-0.2, 0) is 6.42 Å². The summed E-state index contributed by atoms with van der Waals surface area (Å²) in [5.41, 5.74) is 3.45. The molecule has 2 aromatic heterocycles. The molecule has 0 amide bonds. The lowest BCUT2D eigenvalue weighted by atomic mass is 9.88. The first-order chi connectivity index (χ1) is 12.5. The fraction of sp³-hybridized carbons (Fsp3) is 0.429. The second-order valence-electron chi connectivity index (χ2n) is 7.45. The summed E-state index contributed by atoms with van der Waals surface area (Å²) in [6.45, 7) is 8.59. The molecule has 3 nitrogen and oxygen atoms in total. The second-order valence-corrected chi connectivity index (χ2v) is 10.1. The monoisotopic (exact) mass is 384 g/mol. The van der Waals surface area contributed by atoms with E-state index < -0.39 is 0 Å². The Morgan fingerprint density at radius 1 is 1.27 bits per heavy atom. The Balaban J connectivity index is 2.04. The van der Waals surface area contributed by atoms with Crippen LogP contribution in [0.2, 0.25) is 0 Å². The molecule has 26 heavy (non-hydrogen) atoms. The average molecular weight is 385 g/mol. The van der Waals surface area contributed by atoms with Crippen LogP contribution in [0.15, 0.2) is 34.2 Å². The zero-order valence-electron chi connectivity index (χ0n) is 15.7. The summed E-state index contributed by atoms with van der Waals surface area (Å²) in [6.07, 6.45) is 3.45. The first kappa shape index (κ1) is 17.8. The highest BCUT2D eigenvalue weighted by molar-refractivity contribution is 7.99. The van der Waals surface area contributed by atoms with Crippen LogP contribution in [0, 0.1) is 6.92 Å². The Kier molecular flexibility index (Phi) is 4.70. The number of hydrogen-bond acceptors (Lipinski definition) is 4. The Morgan fingerprint density at radius 2 is 2.00 bits per heavy atom. The molecule has 0 spiro atoms. The summed E-state index contributed by atoms with van der Waals surface area (Å²) >= 11 is 3.39. The molecule has 1 atom stereocenters. The molecule has 136 valence electrons. The van der Waals surface area contributed by atoms with E-state index in [1.54, 1.807) is 23.1 Å². The Morgan fingerprint density at radius 3 is 2.69 bits per heavy atom. The summed E-state index contributed by atoms with van der Waals surface area (Å²) in [6, 6.07) is 8.16. The van der Waals surface area contributed by atoms with Gasteiger partial charge < -0.3 is 0 Å². The molecule has 0 bridgehead atoms. The molecule has 0 saturated carbocycles. The minimum atomic E-state index is 0.0910. The maximum absolute atomic E-state index is 13.6. The molecular weight excluding hydrogens is 360 g/mol. The summed E-state index contributed by atoms with van der Waals surface area (Å²) < 4.78 is 1.82. The van der Waals surface area contributed by atoms with Crippen molar-refractivity contribution in [1.82, 2.24) is 9.55 Å². The molecule has 1 aliphatic rings. The Labute approximate surface area is 162 Å². The third-order valence-electron chi connectivity index (χ3n) is 4.98. The first-order valence-electron chi connectivity index (χ1n) is 9.27. The zero-order chi connectivity index (χ0) is 18.4. The summed E-state index contributed by atoms with van der Waals surface area (Å²) in [5.74, 6) is 0.442. The van der Waals surface area contributed by atoms with Crippen molar-refractivity contribution in [1.29, 1.82) is 0 Å². The second kappa shape index (κ2) is 6.86. The van der Waals surface area contributed by atoms with E-state index in [1.807, 2.05) is 16.7 Å². The molecule has 0 fully saturated rings. The lowest BCUT2D eigenvalue weighted by Crippen LogP contribution is -2.23. The van der Waals surface area contributed by atoms with Crippen LogP contribution < -0.4 is 5.56 Å². The number of aromatic nitrogens is 2. The van der Waals surface area contributed by atoms with Gasteiger partial charge in [-0.1, -0.05) is 50.2 Å². The van der Waals surface area contributed by atoms with Crippen molar-refractivity contribution in [2.24, 2.45) is 0 Å². The van der Waals surface area contributed by atoms with Crippen molar-refractivity contribution in [3.05, 3.63) is 50.6 Å². The van der Waals surface area contributed by atoms with E-state index in [0.29, 0.717) is 11.2 Å². The van der Waals surface area contributed by atoms with Gasteiger partial charge in [-0.25, -0.2) is 4.98 Å². The van der Waals surface area contributed by atoms with Crippen LogP contribution in [0.1, 0.15) is 55.5 Å². The minimum Gasteiger partial charge on any atom is -0.268 e. The maximum Gasteiger partial charge on any atom is 0.267 e. The SMILES string of the molecule is Cc1ccc(-n2c(SC(C)C)nc3sc4c(c3c2=O)[C@@H](C)CCC4)cc1. The Bertz CT molecular complexity index is 1020. The van der Waals surface area contributed by atoms with E-state index in [-0.39, 0.29) is 5.56 Å². The molecule has 0 aliphatic heterocycles. The number of benzene rings is 1. The van der Waals surface area contributed by atoms with Crippen LogP contribution in [-0.4, -0.2) is 14.8 Å². The van der Waals surface area contributed by atoms with Gasteiger partial charge in [0.1, 0.15) is 4.83 Å². The van der Waals surface area contributed by atoms with Gasteiger partial charge in [0.25, 0.3) is 5.56 Å². The van der Waals surface area contributed by atoms with Crippen molar-refractivity contribution < 1.29 is 0 Å². The van der Waals surface area contributed by atoms with Gasteiger partial charge in [0.2, 0.25) is 0 Å². The minimum absolute atomic E-state index is 0.0910. The van der Waals surface area contributed by atoms with E-state index >= 15 is 0 Å². The fourth-order valence-corrected chi connectivity index (χ4v) is 5.97. The highest BCUT2D eigenvalue weighted by Gasteiger charge is 2.26. The summed E-state index contributed by atoms with van der Waals surface area (Å²) in [4.78, 5) is 20.9. The van der Waals surface area contributed by atoms with Gasteiger partial charge in [-0.3, -0.25) is 9.36 Å². The van der Waals surface area contributed by atoms with Gasteiger partial charge in [0.15, 0.2) is 5.16 Å². The molecule has 2 heterocycles. The smallest absolute Gasteiger partial charge is 0.267 e. The van der Waals surface area contributed by atoms with Crippen LogP contribution >= 0.6 is 23.1 Å². The fourth-order valence-electron chi connectivity index (χ4n) is 3.73. The van der Waals surface area contributed by atoms with Gasteiger partial charge in [-0.05, 0) is 49.8 Å². The number of fused-ring (bicyclic) bond motifs is 3. The van der Waals surface area contributed by atoms with E-state index in [2.05, 4.69) is 39.8 Å². The van der Waals surface area contributed by atoms with E-state index in [0.717, 1.165) is 33.9 Å². The normalized spacial score (nSPS) is 17.0. The average Bonchev–Trinajstić information content (AvgIpc) is 2.96. The quantitative estimate of drug-likeness (QED) is 0.429. The molecule has 1 aliphatic carbocycles. The molecule has 0 radical (unpaired) electrons. The number of aryl methyl sites for hydroxylation is 2. The van der Waals surface area contributed by atoms with Crippen LogP contribution in [0.5, 0.6) is 0 Å². The lowest BCUT2D eigenvalue weighted by Gasteiger charge is -2.19. The predicted octanol–water partition coefficient (Wildman–Crippen LogP) is 5.70. The lowest BCUT2D eigenvalue weighted by molar-refractivity contribution is 0.601. The van der Waals surface area contributed by atoms with E-state index in [9.17, 15) is 4.79 Å². The number of nitrogens with zero attached hydrogens (tertiary/aromatic N) is 2. The molecule has 5 heteroatoms. The molecule has 0 N–H and O–H groups in total. The molecule has 0 saturated heterocycles. The highest BCUT2D eigenvalue weighted by Crippen LogP contribution is 2.41. The zero-order valence-corrected chi connectivity index (χ0v) is 17.3. The number of rotatable bonds is 3. The molecular formula is C21H24N2OS2. The topological polar surface area (TPSA) is 34.9 Å². The third kappa shape index (κ3) is 3.01. The standard InChI is InChI=1S/C21H24N2OS2/c1-12(2)25-21-22-19-18(17-14(4)6-5-7-16(17)26-19)20(24)23(21)15-10-8-13(3)9-11-15/h8-12,14H,5-7H2,1-4H3/t14-/m0/s1. The van der Waals surface area contributed by atoms with Gasteiger partial charge in [-0.15, -0.1) is 11.3 Å². The molecule has 1 aromatic carbocycles. The van der Waals surface area contributed by atoms with Gasteiger partial charge in [-0.2, -0.15) is 0 Å². The number of hydrogen-bond donors (Lipinski definition) is 0. The van der Waals surface area contributed by atoms with Crippen LogP contribution in [0.3, 0.4) is 0 Å². The largest absolute Gasteiger partial charge is 0.268 e. The van der Waals surface area contributed by atoms with Crippen LogP contribution in [0.4, 0.5) is 0 Å². The third-order valence-corrected chi connectivity index (χ3v) is 7.09. The number of thiophene rings is 1. The first-order valence-corrected chi connectivity index (χ1v) is 11.0. The van der Waals surface area contributed by atoms with Crippen LogP contribution in [0.25, 0.3) is 15.9 Å². The molecule has 0 unspecified atom stereocenters. The van der Waals surface area contributed by atoms with Gasteiger partial charge in [0.05, 0.1) is 11.1 Å². The number of thioether (sulfide) groups is 1.